The summed E-state index contributed by atoms with van der Waals surface area (Å²) in [6, 6.07) is 5.51. The van der Waals surface area contributed by atoms with Crippen LogP contribution >= 0.6 is 0 Å². The number of nitrogens with zero attached hydrogens (tertiary/aromatic N) is 3. The Hall–Kier alpha value is -3.36. The lowest BCUT2D eigenvalue weighted by atomic mass is 10.2. The van der Waals surface area contributed by atoms with Crippen molar-refractivity contribution in [1.82, 2.24) is 14.8 Å². The Morgan fingerprint density at radius 2 is 1.68 bits per heavy atom. The molecule has 3 rings (SSSR count). The van der Waals surface area contributed by atoms with Crippen LogP contribution in [0.1, 0.15) is 27.8 Å². The summed E-state index contributed by atoms with van der Waals surface area (Å²) >= 11 is 0. The summed E-state index contributed by atoms with van der Waals surface area (Å²) in [6.07, 6.45) is 1.31. The van der Waals surface area contributed by atoms with Crippen LogP contribution in [0.2, 0.25) is 0 Å². The predicted molar refractivity (Wildman–Crippen MR) is 96.7 cm³/mol. The zero-order valence-electron chi connectivity index (χ0n) is 15.1. The number of benzene rings is 1. The van der Waals surface area contributed by atoms with Crippen LogP contribution in [0.4, 0.5) is 14.5 Å². The quantitative estimate of drug-likeness (QED) is 0.871. The molecular formula is C19H18F2N4O3. The molecule has 1 saturated heterocycles. The minimum Gasteiger partial charge on any atom is -0.339 e. The van der Waals surface area contributed by atoms with Gasteiger partial charge in [-0.05, 0) is 24.3 Å². The molecular weight excluding hydrogens is 370 g/mol. The smallest absolute Gasteiger partial charge is 0.272 e. The van der Waals surface area contributed by atoms with E-state index >= 15 is 0 Å². The van der Waals surface area contributed by atoms with Gasteiger partial charge in [0.25, 0.3) is 11.8 Å². The number of amides is 3. The number of pyridine rings is 1. The van der Waals surface area contributed by atoms with Gasteiger partial charge in [0, 0.05) is 50.9 Å². The molecule has 0 atom stereocenters. The molecule has 2 heterocycles. The van der Waals surface area contributed by atoms with Crippen molar-refractivity contribution in [3.05, 3.63) is 59.4 Å². The standard InChI is InChI=1S/C19H18F2N4O3/c1-12(26)24-6-8-25(9-7-24)19(28)17-10-13(4-5-22-17)18(27)23-16-3-2-14(20)11-15(16)21/h2-5,10-11H,6-9H2,1H3,(H,23,27). The van der Waals surface area contributed by atoms with Gasteiger partial charge in [-0.3, -0.25) is 19.4 Å². The van der Waals surface area contributed by atoms with E-state index in [0.717, 1.165) is 12.1 Å². The van der Waals surface area contributed by atoms with Crippen LogP contribution in [0.25, 0.3) is 0 Å². The molecule has 0 saturated carbocycles. The van der Waals surface area contributed by atoms with Gasteiger partial charge in [-0.15, -0.1) is 0 Å². The fourth-order valence-electron chi connectivity index (χ4n) is 2.86. The molecule has 146 valence electrons. The van der Waals surface area contributed by atoms with Gasteiger partial charge in [-0.2, -0.15) is 0 Å². The van der Waals surface area contributed by atoms with Gasteiger partial charge in [0.15, 0.2) is 0 Å². The zero-order valence-corrected chi connectivity index (χ0v) is 15.1. The number of piperazine rings is 1. The summed E-state index contributed by atoms with van der Waals surface area (Å²) in [5.41, 5.74) is 0.0180. The maximum atomic E-state index is 13.7. The summed E-state index contributed by atoms with van der Waals surface area (Å²) in [6.45, 7) is 3.09. The van der Waals surface area contributed by atoms with Crippen molar-refractivity contribution in [3.63, 3.8) is 0 Å². The Kier molecular flexibility index (Phi) is 5.62. The second-order valence-electron chi connectivity index (χ2n) is 6.31. The van der Waals surface area contributed by atoms with Crippen LogP contribution < -0.4 is 5.32 Å². The average Bonchev–Trinajstić information content (AvgIpc) is 2.69. The lowest BCUT2D eigenvalue weighted by molar-refractivity contribution is -0.130. The summed E-state index contributed by atoms with van der Waals surface area (Å²) in [5, 5.41) is 2.34. The van der Waals surface area contributed by atoms with Gasteiger partial charge in [0.05, 0.1) is 5.69 Å². The average molecular weight is 388 g/mol. The Morgan fingerprint density at radius 1 is 1.00 bits per heavy atom. The van der Waals surface area contributed by atoms with E-state index in [9.17, 15) is 23.2 Å². The maximum Gasteiger partial charge on any atom is 0.272 e. The van der Waals surface area contributed by atoms with E-state index in [4.69, 9.17) is 0 Å². The minimum absolute atomic E-state index is 0.0445. The topological polar surface area (TPSA) is 82.6 Å². The molecule has 1 aromatic carbocycles. The fraction of sp³-hybridized carbons (Fsp3) is 0.263. The van der Waals surface area contributed by atoms with Crippen LogP contribution in [0.15, 0.2) is 36.5 Å². The van der Waals surface area contributed by atoms with Crippen LogP contribution in [-0.4, -0.2) is 58.7 Å². The number of carbonyl (C=O) groups is 3. The van der Waals surface area contributed by atoms with Crippen LogP contribution in [0.3, 0.4) is 0 Å². The second kappa shape index (κ2) is 8.12. The summed E-state index contributed by atoms with van der Waals surface area (Å²) in [4.78, 5) is 43.6. The third-order valence-electron chi connectivity index (χ3n) is 4.43. The lowest BCUT2D eigenvalue weighted by Crippen LogP contribution is -2.50. The molecule has 7 nitrogen and oxygen atoms in total. The van der Waals surface area contributed by atoms with Gasteiger partial charge in [0.2, 0.25) is 5.91 Å². The Morgan fingerprint density at radius 3 is 2.32 bits per heavy atom. The van der Waals surface area contributed by atoms with Crippen molar-refractivity contribution in [2.45, 2.75) is 6.92 Å². The SMILES string of the molecule is CC(=O)N1CCN(C(=O)c2cc(C(=O)Nc3ccc(F)cc3F)ccn2)CC1. The van der Waals surface area contributed by atoms with Crippen molar-refractivity contribution in [3.8, 4) is 0 Å². The largest absolute Gasteiger partial charge is 0.339 e. The first-order valence-electron chi connectivity index (χ1n) is 8.62. The molecule has 2 aromatic rings. The molecule has 0 aliphatic carbocycles. The van der Waals surface area contributed by atoms with E-state index in [1.807, 2.05) is 0 Å². The monoisotopic (exact) mass is 388 g/mol. The Labute approximate surface area is 160 Å². The van der Waals surface area contributed by atoms with Crippen molar-refractivity contribution in [1.29, 1.82) is 0 Å². The molecule has 3 amide bonds. The predicted octanol–water partition coefficient (Wildman–Crippen LogP) is 1.92. The normalized spacial score (nSPS) is 14.0. The lowest BCUT2D eigenvalue weighted by Gasteiger charge is -2.34. The first kappa shape index (κ1) is 19.4. The fourth-order valence-corrected chi connectivity index (χ4v) is 2.86. The number of carbonyl (C=O) groups excluding carboxylic acids is 3. The highest BCUT2D eigenvalue weighted by Gasteiger charge is 2.24. The van der Waals surface area contributed by atoms with Crippen LogP contribution in [0, 0.1) is 11.6 Å². The third-order valence-corrected chi connectivity index (χ3v) is 4.43. The number of aromatic nitrogens is 1. The van der Waals surface area contributed by atoms with Crippen molar-refractivity contribution in [2.75, 3.05) is 31.5 Å². The Balaban J connectivity index is 1.70. The highest BCUT2D eigenvalue weighted by atomic mass is 19.1. The number of halogens is 2. The molecule has 1 fully saturated rings. The van der Waals surface area contributed by atoms with Crippen molar-refractivity contribution < 1.29 is 23.2 Å². The number of hydrogen-bond acceptors (Lipinski definition) is 4. The molecule has 1 aliphatic heterocycles. The molecule has 1 aromatic heterocycles. The molecule has 0 bridgehead atoms. The summed E-state index contributed by atoms with van der Waals surface area (Å²) < 4.78 is 26.7. The molecule has 9 heteroatoms. The van der Waals surface area contributed by atoms with Crippen molar-refractivity contribution >= 4 is 23.4 Å². The van der Waals surface area contributed by atoms with Gasteiger partial charge in [-0.1, -0.05) is 0 Å². The van der Waals surface area contributed by atoms with E-state index in [1.165, 1.54) is 25.3 Å². The highest BCUT2D eigenvalue weighted by molar-refractivity contribution is 6.05. The molecule has 1 N–H and O–H groups in total. The second-order valence-corrected chi connectivity index (χ2v) is 6.31. The van der Waals surface area contributed by atoms with E-state index in [-0.39, 0.29) is 28.8 Å². The number of anilines is 1. The maximum absolute atomic E-state index is 13.7. The third kappa shape index (κ3) is 4.30. The Bertz CT molecular complexity index is 927. The van der Waals surface area contributed by atoms with E-state index in [2.05, 4.69) is 10.3 Å². The minimum atomic E-state index is -0.901. The zero-order chi connectivity index (χ0) is 20.3. The molecule has 1 aliphatic rings. The molecule has 0 unspecified atom stereocenters. The molecule has 0 radical (unpaired) electrons. The number of hydrogen-bond donors (Lipinski definition) is 1. The summed E-state index contributed by atoms with van der Waals surface area (Å²) in [5.74, 6) is -2.70. The van der Waals surface area contributed by atoms with E-state index < -0.39 is 17.5 Å². The molecule has 0 spiro atoms. The van der Waals surface area contributed by atoms with Crippen molar-refractivity contribution in [2.24, 2.45) is 0 Å². The molecule has 28 heavy (non-hydrogen) atoms. The van der Waals surface area contributed by atoms with Crippen LogP contribution in [0.5, 0.6) is 0 Å². The highest BCUT2D eigenvalue weighted by Crippen LogP contribution is 2.17. The van der Waals surface area contributed by atoms with Gasteiger partial charge in [-0.25, -0.2) is 8.78 Å². The number of nitrogens with one attached hydrogen (secondary N) is 1. The van der Waals surface area contributed by atoms with Crippen LogP contribution in [-0.2, 0) is 4.79 Å². The van der Waals surface area contributed by atoms with E-state index in [0.29, 0.717) is 32.2 Å². The van der Waals surface area contributed by atoms with Gasteiger partial charge < -0.3 is 15.1 Å². The van der Waals surface area contributed by atoms with Gasteiger partial charge in [0.1, 0.15) is 17.3 Å². The first-order chi connectivity index (χ1) is 13.3. The first-order valence-corrected chi connectivity index (χ1v) is 8.62. The summed E-state index contributed by atoms with van der Waals surface area (Å²) in [7, 11) is 0. The van der Waals surface area contributed by atoms with E-state index in [1.54, 1.807) is 9.80 Å². The number of rotatable bonds is 3. The van der Waals surface area contributed by atoms with Gasteiger partial charge >= 0.3 is 0 Å².